The van der Waals surface area contributed by atoms with Crippen LogP contribution in [0.4, 0.5) is 0 Å². The minimum absolute atomic E-state index is 0. The van der Waals surface area contributed by atoms with Crippen molar-refractivity contribution in [3.63, 3.8) is 0 Å². The van der Waals surface area contributed by atoms with Gasteiger partial charge in [-0.1, -0.05) is 31.2 Å². The first-order valence-electron chi connectivity index (χ1n) is 8.38. The van der Waals surface area contributed by atoms with Crippen molar-refractivity contribution in [1.82, 2.24) is 0 Å². The van der Waals surface area contributed by atoms with Gasteiger partial charge in [-0.3, -0.25) is 9.59 Å². The van der Waals surface area contributed by atoms with Crippen LogP contribution in [0.2, 0.25) is 0 Å². The summed E-state index contributed by atoms with van der Waals surface area (Å²) in [5.41, 5.74) is -1.09. The minimum Gasteiger partial charge on any atom is -0.459 e. The van der Waals surface area contributed by atoms with Gasteiger partial charge in [-0.25, -0.2) is 0 Å². The molecule has 0 aliphatic heterocycles. The monoisotopic (exact) mass is 583 g/mol. The standard InChI is InChI=1S/C20H30O4.Cf/c1-8-18(2,3)17(22)24-19(4,5)13-14-9-11-15(12-10-14)16(21)20(6,7)23;/h9-12,23H,8,13H2,1-7H3;. The molecule has 144 valence electrons. The van der Waals surface area contributed by atoms with Gasteiger partial charge in [-0.15, -0.1) is 0 Å². The van der Waals surface area contributed by atoms with Gasteiger partial charge in [0.05, 0.1) is 5.41 Å². The molecule has 1 aromatic carbocycles. The van der Waals surface area contributed by atoms with Crippen LogP contribution < -0.4 is 0 Å². The molecule has 1 aromatic rings. The van der Waals surface area contributed by atoms with E-state index >= 15 is 0 Å². The predicted octanol–water partition coefficient (Wildman–Crippen LogP) is 3.94. The molecule has 5 heteroatoms. The Balaban J connectivity index is 0.00000576. The third-order valence-corrected chi connectivity index (χ3v) is 4.21. The van der Waals surface area contributed by atoms with Crippen LogP contribution >= 0.6 is 0 Å². The van der Waals surface area contributed by atoms with Gasteiger partial charge in [0.1, 0.15) is 11.2 Å². The molecule has 0 aliphatic rings. The number of aliphatic hydroxyl groups is 1. The fourth-order valence-electron chi connectivity index (χ4n) is 2.19. The molecule has 0 atom stereocenters. The van der Waals surface area contributed by atoms with E-state index in [1.54, 1.807) is 12.1 Å². The Kier molecular flexibility index (Phi) is 6.67. The number of rotatable bonds is 7. The van der Waals surface area contributed by atoms with Gasteiger partial charge in [0, 0.05) is 12.0 Å². The number of hydrogen-bond acceptors (Lipinski definition) is 4. The van der Waals surface area contributed by atoms with Crippen molar-refractivity contribution in [2.75, 3.05) is 0 Å². The Bertz CT molecular complexity index is 595. The maximum atomic E-state index is 12.3. The van der Waals surface area contributed by atoms with E-state index in [0.717, 1.165) is 12.0 Å². The van der Waals surface area contributed by atoms with Gasteiger partial charge in [0.25, 0.3) is 0 Å². The molecule has 1 rings (SSSR count). The van der Waals surface area contributed by atoms with Crippen LogP contribution in [0.3, 0.4) is 0 Å². The van der Waals surface area contributed by atoms with E-state index in [9.17, 15) is 14.7 Å². The smallest absolute Gasteiger partial charge is 0.312 e. The van der Waals surface area contributed by atoms with Gasteiger partial charge in [-0.2, -0.15) is 0 Å². The average molecular weight is 585 g/mol. The maximum absolute atomic E-state index is 12.3. The van der Waals surface area contributed by atoms with E-state index < -0.39 is 16.6 Å². The zero-order valence-corrected chi connectivity index (χ0v) is 18.8. The SMILES string of the molecule is CCC(C)(C)C(=O)OC(C)(C)Cc1ccc(C(=O)C(C)(C)O)cc1.[Cf]. The third-order valence-electron chi connectivity index (χ3n) is 4.21. The Morgan fingerprint density at radius 1 is 1.00 bits per heavy atom. The summed E-state index contributed by atoms with van der Waals surface area (Å²) in [7, 11) is 0. The van der Waals surface area contributed by atoms with Crippen LogP contribution in [0, 0.1) is 5.41 Å². The number of hydrogen-bond donors (Lipinski definition) is 1. The summed E-state index contributed by atoms with van der Waals surface area (Å²) in [6.45, 7) is 12.4. The molecule has 0 aliphatic carbocycles. The molecule has 1 N–H and O–H groups in total. The summed E-state index contributed by atoms with van der Waals surface area (Å²) in [6, 6.07) is 7.06. The number of carbonyl (C=O) groups excluding carboxylic acids is 2. The summed E-state index contributed by atoms with van der Waals surface area (Å²) in [4.78, 5) is 24.3. The van der Waals surface area contributed by atoms with E-state index in [-0.39, 0.29) is 11.8 Å². The summed E-state index contributed by atoms with van der Waals surface area (Å²) in [6.07, 6.45) is 1.27. The van der Waals surface area contributed by atoms with Gasteiger partial charge in [-0.05, 0) is 53.5 Å². The molecule has 0 spiro atoms. The van der Waals surface area contributed by atoms with Gasteiger partial charge < -0.3 is 9.84 Å². The largest absolute Gasteiger partial charge is 0.459 e. The molecule has 0 radical (unpaired) electrons. The van der Waals surface area contributed by atoms with E-state index in [0.29, 0.717) is 12.0 Å². The van der Waals surface area contributed by atoms with Crippen molar-refractivity contribution in [1.29, 1.82) is 0 Å². The van der Waals surface area contributed by atoms with Crippen molar-refractivity contribution in [2.45, 2.75) is 72.5 Å². The number of Topliss-reactive ketones (excluding diaryl/α,β-unsaturated/α-hetero) is 1. The Morgan fingerprint density at radius 3 is 1.88 bits per heavy atom. The summed E-state index contributed by atoms with van der Waals surface area (Å²) < 4.78 is 5.68. The molecule has 0 fully saturated rings. The molecule has 0 saturated carbocycles. The number of ketones is 1. The van der Waals surface area contributed by atoms with Crippen molar-refractivity contribution in [3.05, 3.63) is 35.4 Å². The molecule has 0 saturated heterocycles. The van der Waals surface area contributed by atoms with E-state index in [2.05, 4.69) is 0 Å². The number of benzene rings is 1. The second kappa shape index (κ2) is 7.47. The summed E-state index contributed by atoms with van der Waals surface area (Å²) in [5.74, 6) is -0.520. The maximum Gasteiger partial charge on any atom is 0.312 e. The molecule has 4 nitrogen and oxygen atoms in total. The fraction of sp³-hybridized carbons (Fsp3) is 0.600. The first kappa shape index (κ1) is 22.3. The number of carbonyl (C=O) groups is 2. The first-order valence-corrected chi connectivity index (χ1v) is 8.38. The van der Waals surface area contributed by atoms with E-state index in [1.165, 1.54) is 13.8 Å². The summed E-state index contributed by atoms with van der Waals surface area (Å²) in [5, 5.41) is 9.79. The van der Waals surface area contributed by atoms with E-state index in [1.807, 2.05) is 46.8 Å². The molecular weight excluding hydrogens is 555 g/mol. The number of ether oxygens (including phenoxy) is 1. The Morgan fingerprint density at radius 2 is 1.48 bits per heavy atom. The van der Waals surface area contributed by atoms with Crippen molar-refractivity contribution in [2.24, 2.45) is 5.41 Å². The van der Waals surface area contributed by atoms with Crippen LogP contribution in [0.5, 0.6) is 0 Å². The normalized spacial score (nSPS) is 12.3. The van der Waals surface area contributed by atoms with Crippen LogP contribution in [-0.2, 0) is 16.0 Å². The molecule has 0 bridgehead atoms. The van der Waals surface area contributed by atoms with Crippen LogP contribution in [0.15, 0.2) is 24.3 Å². The second-order valence-electron chi connectivity index (χ2n) is 8.15. The topological polar surface area (TPSA) is 63.6 Å². The predicted molar refractivity (Wildman–Crippen MR) is 95.0 cm³/mol. The van der Waals surface area contributed by atoms with Crippen molar-refractivity contribution >= 4 is 11.8 Å². The number of esters is 1. The molecular formula is C20H30CfO4. The fourth-order valence-corrected chi connectivity index (χ4v) is 2.19. The molecule has 0 heterocycles. The zero-order valence-electron chi connectivity index (χ0n) is 16.2. The zero-order chi connectivity index (χ0) is 18.8. The van der Waals surface area contributed by atoms with Gasteiger partial charge in [0.15, 0.2) is 5.78 Å². The minimum atomic E-state index is -1.39. The first-order chi connectivity index (χ1) is 10.8. The second-order valence-corrected chi connectivity index (χ2v) is 8.15. The van der Waals surface area contributed by atoms with Gasteiger partial charge >= 0.3 is 5.97 Å². The average Bonchev–Trinajstić information content (AvgIpc) is 2.45. The van der Waals surface area contributed by atoms with Crippen molar-refractivity contribution < 1.29 is 19.4 Å². The Labute approximate surface area is 145 Å². The molecule has 25 heavy (non-hydrogen) atoms. The summed E-state index contributed by atoms with van der Waals surface area (Å²) >= 11 is 0. The van der Waals surface area contributed by atoms with Crippen LogP contribution in [-0.4, -0.2) is 28.1 Å². The molecule has 0 amide bonds. The molecule has 0 unspecified atom stereocenters. The van der Waals surface area contributed by atoms with Gasteiger partial charge in [0.2, 0.25) is 0 Å². The molecule has 0 aromatic heterocycles. The quantitative estimate of drug-likeness (QED) is 0.389. The van der Waals surface area contributed by atoms with Crippen LogP contribution in [0.1, 0.15) is 70.8 Å². The van der Waals surface area contributed by atoms with Crippen molar-refractivity contribution in [3.8, 4) is 0 Å². The van der Waals surface area contributed by atoms with Crippen LogP contribution in [0.25, 0.3) is 0 Å². The third kappa shape index (κ3) is 6.03. The van der Waals surface area contributed by atoms with E-state index in [4.69, 9.17) is 4.74 Å². The Hall–Kier alpha value is -2.68.